The molecule has 82 valence electrons. The first-order valence-corrected chi connectivity index (χ1v) is 6.59. The second-order valence-corrected chi connectivity index (χ2v) is 5.67. The molecule has 0 spiro atoms. The fourth-order valence-corrected chi connectivity index (χ4v) is 3.79. The minimum Gasteiger partial charge on any atom is -0.345 e. The third-order valence-electron chi connectivity index (χ3n) is 3.63. The van der Waals surface area contributed by atoms with Gasteiger partial charge in [-0.3, -0.25) is 0 Å². The molecule has 4 heteroatoms. The van der Waals surface area contributed by atoms with E-state index < -0.39 is 0 Å². The monoisotopic (exact) mass is 223 g/mol. The Bertz CT molecular complexity index is 360. The zero-order valence-electron chi connectivity index (χ0n) is 9.02. The average Bonchev–Trinajstić information content (AvgIpc) is 2.93. The van der Waals surface area contributed by atoms with Crippen LogP contribution in [0.15, 0.2) is 5.38 Å². The number of nitrogens with two attached hydrogens (primary N) is 1. The highest BCUT2D eigenvalue weighted by Gasteiger charge is 2.38. The summed E-state index contributed by atoms with van der Waals surface area (Å²) in [5.41, 5.74) is 6.87. The van der Waals surface area contributed by atoms with Crippen molar-refractivity contribution in [3.05, 3.63) is 11.1 Å². The van der Waals surface area contributed by atoms with Gasteiger partial charge in [0, 0.05) is 24.0 Å². The number of hydrogen-bond donors (Lipinski definition) is 1. The predicted molar refractivity (Wildman–Crippen MR) is 63.2 cm³/mol. The maximum Gasteiger partial charge on any atom is 0.185 e. The molecular formula is C11H17N3S. The van der Waals surface area contributed by atoms with Gasteiger partial charge >= 0.3 is 0 Å². The Morgan fingerprint density at radius 2 is 2.47 bits per heavy atom. The summed E-state index contributed by atoms with van der Waals surface area (Å²) in [6.07, 6.45) is 4.16. The Labute approximate surface area is 94.3 Å². The van der Waals surface area contributed by atoms with Crippen LogP contribution in [0.5, 0.6) is 0 Å². The highest BCUT2D eigenvalue weighted by Crippen LogP contribution is 2.41. The van der Waals surface area contributed by atoms with Crippen LogP contribution in [0.2, 0.25) is 0 Å². The molecule has 3 rings (SSSR count). The molecule has 3 unspecified atom stereocenters. The van der Waals surface area contributed by atoms with Gasteiger partial charge in [0.05, 0.1) is 5.69 Å². The summed E-state index contributed by atoms with van der Waals surface area (Å²) in [4.78, 5) is 7.12. The van der Waals surface area contributed by atoms with Crippen LogP contribution in [0.3, 0.4) is 0 Å². The fourth-order valence-electron chi connectivity index (χ4n) is 2.78. The molecule has 3 nitrogen and oxygen atoms in total. The number of thiazole rings is 1. The highest BCUT2D eigenvalue weighted by atomic mass is 32.1. The molecule has 3 atom stereocenters. The summed E-state index contributed by atoms with van der Waals surface area (Å²) in [6, 6.07) is 0.830. The standard InChI is InChI=1S/C11H17N3S/c1-7(12)10-6-15-11(13-10)14-5-8-2-3-9(14)4-8/h6-9H,2-5,12H2,1H3. The lowest BCUT2D eigenvalue weighted by Crippen LogP contribution is -2.31. The summed E-state index contributed by atoms with van der Waals surface area (Å²) >= 11 is 1.75. The first-order valence-electron chi connectivity index (χ1n) is 5.71. The molecule has 1 aliphatic heterocycles. The largest absolute Gasteiger partial charge is 0.345 e. The van der Waals surface area contributed by atoms with Crippen LogP contribution in [-0.4, -0.2) is 17.6 Å². The summed E-state index contributed by atoms with van der Waals surface area (Å²) in [7, 11) is 0. The molecule has 2 bridgehead atoms. The number of nitrogens with zero attached hydrogens (tertiary/aromatic N) is 2. The Balaban J connectivity index is 1.81. The van der Waals surface area contributed by atoms with Crippen molar-refractivity contribution in [2.75, 3.05) is 11.4 Å². The van der Waals surface area contributed by atoms with Crippen molar-refractivity contribution in [1.82, 2.24) is 4.98 Å². The summed E-state index contributed by atoms with van der Waals surface area (Å²) in [6.45, 7) is 3.21. The normalized spacial score (nSPS) is 31.2. The van der Waals surface area contributed by atoms with E-state index in [0.717, 1.165) is 17.7 Å². The van der Waals surface area contributed by atoms with Crippen molar-refractivity contribution in [1.29, 1.82) is 0 Å². The summed E-state index contributed by atoms with van der Waals surface area (Å²) < 4.78 is 0. The number of anilines is 1. The van der Waals surface area contributed by atoms with Crippen LogP contribution in [0.4, 0.5) is 5.13 Å². The van der Waals surface area contributed by atoms with E-state index in [1.54, 1.807) is 11.3 Å². The molecule has 2 aliphatic rings. The van der Waals surface area contributed by atoms with Gasteiger partial charge < -0.3 is 10.6 Å². The van der Waals surface area contributed by atoms with Crippen molar-refractivity contribution >= 4 is 16.5 Å². The smallest absolute Gasteiger partial charge is 0.185 e. The molecule has 15 heavy (non-hydrogen) atoms. The molecule has 2 fully saturated rings. The SMILES string of the molecule is CC(N)c1csc(N2CC3CCC2C3)n1. The van der Waals surface area contributed by atoms with Gasteiger partial charge in [0.2, 0.25) is 0 Å². The first-order chi connectivity index (χ1) is 7.24. The average molecular weight is 223 g/mol. The van der Waals surface area contributed by atoms with E-state index in [-0.39, 0.29) is 6.04 Å². The Morgan fingerprint density at radius 1 is 1.60 bits per heavy atom. The lowest BCUT2D eigenvalue weighted by atomic mass is 10.1. The number of aromatic nitrogens is 1. The molecule has 0 aromatic carbocycles. The minimum atomic E-state index is 0.0646. The molecule has 1 aromatic heterocycles. The van der Waals surface area contributed by atoms with E-state index in [9.17, 15) is 0 Å². The van der Waals surface area contributed by atoms with Crippen LogP contribution in [0, 0.1) is 5.92 Å². The summed E-state index contributed by atoms with van der Waals surface area (Å²) in [5, 5.41) is 3.29. The Hall–Kier alpha value is -0.610. The van der Waals surface area contributed by atoms with Gasteiger partial charge in [-0.1, -0.05) is 0 Å². The second kappa shape index (κ2) is 3.46. The van der Waals surface area contributed by atoms with Gasteiger partial charge in [-0.05, 0) is 32.1 Å². The zero-order chi connectivity index (χ0) is 10.4. The second-order valence-electron chi connectivity index (χ2n) is 4.83. The van der Waals surface area contributed by atoms with E-state index in [2.05, 4.69) is 15.3 Å². The number of rotatable bonds is 2. The van der Waals surface area contributed by atoms with E-state index in [1.807, 2.05) is 6.92 Å². The van der Waals surface area contributed by atoms with Crippen LogP contribution >= 0.6 is 11.3 Å². The van der Waals surface area contributed by atoms with Crippen LogP contribution in [-0.2, 0) is 0 Å². The molecule has 2 heterocycles. The maximum absolute atomic E-state index is 5.83. The molecule has 0 amide bonds. The van der Waals surface area contributed by atoms with Crippen LogP contribution < -0.4 is 10.6 Å². The Kier molecular flexibility index (Phi) is 2.21. The molecule has 1 aliphatic carbocycles. The quantitative estimate of drug-likeness (QED) is 0.835. The zero-order valence-corrected chi connectivity index (χ0v) is 9.83. The third kappa shape index (κ3) is 1.56. The minimum absolute atomic E-state index is 0.0646. The van der Waals surface area contributed by atoms with Gasteiger partial charge in [0.25, 0.3) is 0 Å². The number of hydrogen-bond acceptors (Lipinski definition) is 4. The van der Waals surface area contributed by atoms with Crippen molar-refractivity contribution in [2.45, 2.75) is 38.3 Å². The van der Waals surface area contributed by atoms with Crippen LogP contribution in [0.1, 0.15) is 37.9 Å². The molecule has 1 aromatic rings. The van der Waals surface area contributed by atoms with E-state index in [4.69, 9.17) is 5.73 Å². The van der Waals surface area contributed by atoms with E-state index >= 15 is 0 Å². The Morgan fingerprint density at radius 3 is 3.00 bits per heavy atom. The fraction of sp³-hybridized carbons (Fsp3) is 0.727. The number of piperidine rings is 1. The van der Waals surface area contributed by atoms with Gasteiger partial charge in [-0.25, -0.2) is 4.98 Å². The van der Waals surface area contributed by atoms with Gasteiger partial charge in [-0.15, -0.1) is 11.3 Å². The van der Waals surface area contributed by atoms with Crippen molar-refractivity contribution in [3.63, 3.8) is 0 Å². The summed E-state index contributed by atoms with van der Waals surface area (Å²) in [5.74, 6) is 0.928. The molecular weight excluding hydrogens is 206 g/mol. The molecule has 1 saturated carbocycles. The number of fused-ring (bicyclic) bond motifs is 2. The molecule has 2 N–H and O–H groups in total. The maximum atomic E-state index is 5.83. The molecule has 1 saturated heterocycles. The first kappa shape index (κ1) is 9.60. The topological polar surface area (TPSA) is 42.1 Å². The van der Waals surface area contributed by atoms with Gasteiger partial charge in [0.1, 0.15) is 0 Å². The van der Waals surface area contributed by atoms with Crippen molar-refractivity contribution < 1.29 is 0 Å². The highest BCUT2D eigenvalue weighted by molar-refractivity contribution is 7.13. The van der Waals surface area contributed by atoms with E-state index in [0.29, 0.717) is 0 Å². The van der Waals surface area contributed by atoms with Crippen molar-refractivity contribution in [3.8, 4) is 0 Å². The lowest BCUT2D eigenvalue weighted by Gasteiger charge is -2.26. The lowest BCUT2D eigenvalue weighted by molar-refractivity contribution is 0.552. The van der Waals surface area contributed by atoms with Crippen LogP contribution in [0.25, 0.3) is 0 Å². The third-order valence-corrected chi connectivity index (χ3v) is 4.53. The predicted octanol–water partition coefficient (Wildman–Crippen LogP) is 2.15. The van der Waals surface area contributed by atoms with E-state index in [1.165, 1.54) is 30.9 Å². The molecule has 0 radical (unpaired) electrons. The van der Waals surface area contributed by atoms with Gasteiger partial charge in [0.15, 0.2) is 5.13 Å². The van der Waals surface area contributed by atoms with Crippen molar-refractivity contribution in [2.24, 2.45) is 11.7 Å². The van der Waals surface area contributed by atoms with Gasteiger partial charge in [-0.2, -0.15) is 0 Å².